The van der Waals surface area contributed by atoms with E-state index in [9.17, 15) is 9.59 Å². The number of thioether (sulfide) groups is 1. The Labute approximate surface area is 124 Å². The lowest BCUT2D eigenvalue weighted by Crippen LogP contribution is -2.23. The molecule has 0 bridgehead atoms. The van der Waals surface area contributed by atoms with Gasteiger partial charge in [-0.05, 0) is 43.0 Å². The molecular weight excluding hydrogens is 272 g/mol. The van der Waals surface area contributed by atoms with Gasteiger partial charge in [0, 0.05) is 31.8 Å². The van der Waals surface area contributed by atoms with Crippen LogP contribution in [-0.4, -0.2) is 42.8 Å². The Hall–Kier alpha value is -1.49. The van der Waals surface area contributed by atoms with Crippen molar-refractivity contribution in [2.45, 2.75) is 19.8 Å². The zero-order valence-electron chi connectivity index (χ0n) is 12.5. The van der Waals surface area contributed by atoms with Gasteiger partial charge in [0.15, 0.2) is 0 Å². The minimum Gasteiger partial charge on any atom is -0.345 e. The van der Waals surface area contributed by atoms with E-state index in [0.29, 0.717) is 17.7 Å². The zero-order valence-corrected chi connectivity index (χ0v) is 13.3. The molecule has 110 valence electrons. The SMILES string of the molecule is CSCCCC(=O)Nc1ccc(C)c(C(=O)N(C)C)c1. The van der Waals surface area contributed by atoms with Gasteiger partial charge < -0.3 is 10.2 Å². The lowest BCUT2D eigenvalue weighted by Gasteiger charge is -2.14. The molecule has 20 heavy (non-hydrogen) atoms. The highest BCUT2D eigenvalue weighted by Gasteiger charge is 2.12. The molecule has 0 unspecified atom stereocenters. The van der Waals surface area contributed by atoms with E-state index in [1.807, 2.05) is 25.3 Å². The van der Waals surface area contributed by atoms with E-state index in [2.05, 4.69) is 5.32 Å². The highest BCUT2D eigenvalue weighted by molar-refractivity contribution is 7.98. The van der Waals surface area contributed by atoms with Gasteiger partial charge in [0.05, 0.1) is 0 Å². The lowest BCUT2D eigenvalue weighted by molar-refractivity contribution is -0.116. The average Bonchev–Trinajstić information content (AvgIpc) is 2.40. The predicted octanol–water partition coefficient (Wildman–Crippen LogP) is 2.78. The van der Waals surface area contributed by atoms with E-state index in [-0.39, 0.29) is 11.8 Å². The number of aryl methyl sites for hydroxylation is 1. The van der Waals surface area contributed by atoms with Gasteiger partial charge in [-0.1, -0.05) is 6.07 Å². The molecule has 0 aliphatic carbocycles. The number of benzene rings is 1. The fourth-order valence-electron chi connectivity index (χ4n) is 1.77. The van der Waals surface area contributed by atoms with Crippen LogP contribution in [0.2, 0.25) is 0 Å². The molecule has 0 spiro atoms. The van der Waals surface area contributed by atoms with Crippen molar-refractivity contribution in [3.63, 3.8) is 0 Å². The van der Waals surface area contributed by atoms with Crippen molar-refractivity contribution in [1.82, 2.24) is 4.90 Å². The summed E-state index contributed by atoms with van der Waals surface area (Å²) in [4.78, 5) is 25.3. The van der Waals surface area contributed by atoms with Gasteiger partial charge in [0.25, 0.3) is 5.91 Å². The van der Waals surface area contributed by atoms with Crippen LogP contribution in [0.25, 0.3) is 0 Å². The average molecular weight is 294 g/mol. The van der Waals surface area contributed by atoms with Crippen molar-refractivity contribution in [1.29, 1.82) is 0 Å². The molecule has 0 saturated carbocycles. The number of carbonyl (C=O) groups excluding carboxylic acids is 2. The third-order valence-corrected chi connectivity index (χ3v) is 3.61. The van der Waals surface area contributed by atoms with Crippen LogP contribution >= 0.6 is 11.8 Å². The molecule has 2 amide bonds. The molecule has 4 nitrogen and oxygen atoms in total. The van der Waals surface area contributed by atoms with Crippen LogP contribution in [0.1, 0.15) is 28.8 Å². The summed E-state index contributed by atoms with van der Waals surface area (Å²) in [6.07, 6.45) is 3.39. The summed E-state index contributed by atoms with van der Waals surface area (Å²) in [6.45, 7) is 1.89. The second kappa shape index (κ2) is 7.94. The number of hydrogen-bond donors (Lipinski definition) is 1. The van der Waals surface area contributed by atoms with Gasteiger partial charge in [-0.2, -0.15) is 11.8 Å². The molecule has 0 heterocycles. The monoisotopic (exact) mass is 294 g/mol. The van der Waals surface area contributed by atoms with Crippen LogP contribution < -0.4 is 5.32 Å². The normalized spacial score (nSPS) is 10.2. The van der Waals surface area contributed by atoms with Gasteiger partial charge in [-0.15, -0.1) is 0 Å². The molecular formula is C15H22N2O2S. The van der Waals surface area contributed by atoms with E-state index in [1.165, 1.54) is 4.90 Å². The number of rotatable bonds is 6. The maximum atomic E-state index is 12.0. The summed E-state index contributed by atoms with van der Waals surface area (Å²) in [5.74, 6) is 0.915. The minimum atomic E-state index is -0.0546. The third kappa shape index (κ3) is 4.89. The number of amides is 2. The second-order valence-corrected chi connectivity index (χ2v) is 5.86. The standard InChI is InChI=1S/C15H22N2O2S/c1-11-7-8-12(10-13(11)15(19)17(2)3)16-14(18)6-5-9-20-4/h7-8,10H,5-6,9H2,1-4H3,(H,16,18). The maximum Gasteiger partial charge on any atom is 0.253 e. The number of anilines is 1. The first kappa shape index (κ1) is 16.6. The van der Waals surface area contributed by atoms with Crippen molar-refractivity contribution in [3.8, 4) is 0 Å². The molecule has 0 radical (unpaired) electrons. The molecule has 5 heteroatoms. The van der Waals surface area contributed by atoms with Crippen molar-refractivity contribution in [3.05, 3.63) is 29.3 Å². The van der Waals surface area contributed by atoms with Crippen LogP contribution in [0.15, 0.2) is 18.2 Å². The molecule has 0 saturated heterocycles. The van der Waals surface area contributed by atoms with E-state index in [0.717, 1.165) is 17.7 Å². The first-order valence-electron chi connectivity index (χ1n) is 6.56. The lowest BCUT2D eigenvalue weighted by atomic mass is 10.1. The van der Waals surface area contributed by atoms with Crippen LogP contribution in [0.3, 0.4) is 0 Å². The Bertz CT molecular complexity index is 487. The van der Waals surface area contributed by atoms with Crippen molar-refractivity contribution in [2.24, 2.45) is 0 Å². The Morgan fingerprint density at radius 2 is 2.00 bits per heavy atom. The Morgan fingerprint density at radius 3 is 2.60 bits per heavy atom. The first-order chi connectivity index (χ1) is 9.45. The maximum absolute atomic E-state index is 12.0. The van der Waals surface area contributed by atoms with Crippen molar-refractivity contribution >= 4 is 29.3 Å². The molecule has 0 fully saturated rings. The van der Waals surface area contributed by atoms with Gasteiger partial charge in [0.2, 0.25) is 5.91 Å². The minimum absolute atomic E-state index is 0.00819. The molecule has 0 aliphatic heterocycles. The zero-order chi connectivity index (χ0) is 15.1. The number of nitrogens with one attached hydrogen (secondary N) is 1. The van der Waals surface area contributed by atoms with Crippen LogP contribution in [0.4, 0.5) is 5.69 Å². The Morgan fingerprint density at radius 1 is 1.30 bits per heavy atom. The predicted molar refractivity (Wildman–Crippen MR) is 85.4 cm³/mol. The summed E-state index contributed by atoms with van der Waals surface area (Å²) < 4.78 is 0. The largest absolute Gasteiger partial charge is 0.345 e. The molecule has 0 aromatic heterocycles. The first-order valence-corrected chi connectivity index (χ1v) is 7.96. The topological polar surface area (TPSA) is 49.4 Å². The Balaban J connectivity index is 2.75. The summed E-state index contributed by atoms with van der Waals surface area (Å²) in [6, 6.07) is 5.42. The molecule has 1 N–H and O–H groups in total. The van der Waals surface area contributed by atoms with Crippen LogP contribution in [0.5, 0.6) is 0 Å². The highest BCUT2D eigenvalue weighted by atomic mass is 32.2. The van der Waals surface area contributed by atoms with E-state index < -0.39 is 0 Å². The fraction of sp³-hybridized carbons (Fsp3) is 0.467. The van der Waals surface area contributed by atoms with Gasteiger partial charge in [-0.3, -0.25) is 9.59 Å². The molecule has 1 rings (SSSR count). The van der Waals surface area contributed by atoms with Crippen molar-refractivity contribution in [2.75, 3.05) is 31.4 Å². The molecule has 0 aliphatic rings. The molecule has 1 aromatic carbocycles. The quantitative estimate of drug-likeness (QED) is 0.821. The van der Waals surface area contributed by atoms with Crippen LogP contribution in [-0.2, 0) is 4.79 Å². The van der Waals surface area contributed by atoms with E-state index >= 15 is 0 Å². The van der Waals surface area contributed by atoms with E-state index in [1.54, 1.807) is 31.9 Å². The smallest absolute Gasteiger partial charge is 0.253 e. The van der Waals surface area contributed by atoms with Crippen molar-refractivity contribution < 1.29 is 9.59 Å². The fourth-order valence-corrected chi connectivity index (χ4v) is 2.20. The van der Waals surface area contributed by atoms with Crippen LogP contribution in [0, 0.1) is 6.92 Å². The summed E-state index contributed by atoms with van der Waals surface area (Å²) >= 11 is 1.73. The molecule has 0 atom stereocenters. The number of nitrogens with zero attached hydrogens (tertiary/aromatic N) is 1. The summed E-state index contributed by atoms with van der Waals surface area (Å²) in [5.41, 5.74) is 2.20. The molecule has 1 aromatic rings. The third-order valence-electron chi connectivity index (χ3n) is 2.91. The summed E-state index contributed by atoms with van der Waals surface area (Å²) in [5, 5.41) is 2.84. The van der Waals surface area contributed by atoms with E-state index in [4.69, 9.17) is 0 Å². The summed E-state index contributed by atoms with van der Waals surface area (Å²) in [7, 11) is 3.44. The Kier molecular flexibility index (Phi) is 6.58. The highest BCUT2D eigenvalue weighted by Crippen LogP contribution is 2.17. The van der Waals surface area contributed by atoms with Gasteiger partial charge in [-0.25, -0.2) is 0 Å². The van der Waals surface area contributed by atoms with Gasteiger partial charge >= 0.3 is 0 Å². The second-order valence-electron chi connectivity index (χ2n) is 4.87. The number of hydrogen-bond acceptors (Lipinski definition) is 3. The van der Waals surface area contributed by atoms with Gasteiger partial charge in [0.1, 0.15) is 0 Å². The number of carbonyl (C=O) groups is 2.